The van der Waals surface area contributed by atoms with Gasteiger partial charge in [-0.1, -0.05) is 6.07 Å². The zero-order valence-electron chi connectivity index (χ0n) is 9.24. The summed E-state index contributed by atoms with van der Waals surface area (Å²) in [6.45, 7) is 1.93. The van der Waals surface area contributed by atoms with Gasteiger partial charge in [-0.3, -0.25) is 0 Å². The molecule has 15 heavy (non-hydrogen) atoms. The number of hydrogen-bond acceptors (Lipinski definition) is 3. The first-order valence-electron chi connectivity index (χ1n) is 5.65. The van der Waals surface area contributed by atoms with Crippen molar-refractivity contribution in [3.8, 4) is 0 Å². The van der Waals surface area contributed by atoms with Crippen LogP contribution in [0, 0.1) is 5.92 Å². The molecule has 0 aliphatic heterocycles. The minimum Gasteiger partial charge on any atom is -0.383 e. The fourth-order valence-electron chi connectivity index (χ4n) is 1.88. The van der Waals surface area contributed by atoms with Crippen LogP contribution in [0.4, 0.5) is 0 Å². The van der Waals surface area contributed by atoms with E-state index < -0.39 is 0 Å². The lowest BCUT2D eigenvalue weighted by Crippen LogP contribution is -2.36. The number of rotatable bonds is 7. The highest BCUT2D eigenvalue weighted by Crippen LogP contribution is 2.32. The summed E-state index contributed by atoms with van der Waals surface area (Å²) in [4.78, 5) is 1.47. The summed E-state index contributed by atoms with van der Waals surface area (Å²) in [6.07, 6.45) is 3.89. The van der Waals surface area contributed by atoms with Gasteiger partial charge in [0, 0.05) is 24.6 Å². The SMILES string of the molecule is COCC(NCCc1cccs1)C1CC1. The van der Waals surface area contributed by atoms with Crippen LogP contribution in [0.3, 0.4) is 0 Å². The highest BCUT2D eigenvalue weighted by molar-refractivity contribution is 7.09. The van der Waals surface area contributed by atoms with Crippen molar-refractivity contribution < 1.29 is 4.74 Å². The Morgan fingerprint density at radius 2 is 2.47 bits per heavy atom. The molecular formula is C12H19NOS. The molecule has 1 aromatic heterocycles. The Morgan fingerprint density at radius 3 is 3.07 bits per heavy atom. The molecule has 1 aliphatic carbocycles. The molecule has 1 heterocycles. The predicted octanol–water partition coefficient (Wildman–Crippen LogP) is 2.31. The fraction of sp³-hybridized carbons (Fsp3) is 0.667. The molecule has 0 saturated heterocycles. The molecule has 1 aliphatic rings. The molecule has 1 unspecified atom stereocenters. The summed E-state index contributed by atoms with van der Waals surface area (Å²) in [5.74, 6) is 0.869. The maximum Gasteiger partial charge on any atom is 0.0618 e. The van der Waals surface area contributed by atoms with Crippen molar-refractivity contribution in [1.29, 1.82) is 0 Å². The van der Waals surface area contributed by atoms with Gasteiger partial charge in [-0.2, -0.15) is 0 Å². The Morgan fingerprint density at radius 1 is 1.60 bits per heavy atom. The second-order valence-electron chi connectivity index (χ2n) is 4.18. The molecule has 0 aromatic carbocycles. The van der Waals surface area contributed by atoms with Crippen LogP contribution in [0.15, 0.2) is 17.5 Å². The van der Waals surface area contributed by atoms with Gasteiger partial charge >= 0.3 is 0 Å². The van der Waals surface area contributed by atoms with Crippen LogP contribution in [0.25, 0.3) is 0 Å². The highest BCUT2D eigenvalue weighted by Gasteiger charge is 2.30. The maximum absolute atomic E-state index is 5.23. The van der Waals surface area contributed by atoms with E-state index in [9.17, 15) is 0 Å². The van der Waals surface area contributed by atoms with E-state index >= 15 is 0 Å². The fourth-order valence-corrected chi connectivity index (χ4v) is 2.58. The lowest BCUT2D eigenvalue weighted by molar-refractivity contribution is 0.158. The van der Waals surface area contributed by atoms with Crippen LogP contribution in [0.1, 0.15) is 17.7 Å². The lowest BCUT2D eigenvalue weighted by Gasteiger charge is -2.16. The van der Waals surface area contributed by atoms with Gasteiger partial charge in [0.05, 0.1) is 6.61 Å². The average Bonchev–Trinajstić information content (AvgIpc) is 2.96. The molecule has 0 radical (unpaired) electrons. The Kier molecular flexibility index (Phi) is 4.18. The van der Waals surface area contributed by atoms with Crippen LogP contribution in [0.5, 0.6) is 0 Å². The highest BCUT2D eigenvalue weighted by atomic mass is 32.1. The summed E-state index contributed by atoms with van der Waals surface area (Å²) < 4.78 is 5.23. The second-order valence-corrected chi connectivity index (χ2v) is 5.21. The summed E-state index contributed by atoms with van der Waals surface area (Å²) in [5, 5.41) is 5.74. The first-order valence-corrected chi connectivity index (χ1v) is 6.53. The van der Waals surface area contributed by atoms with Gasteiger partial charge < -0.3 is 10.1 Å². The van der Waals surface area contributed by atoms with E-state index in [0.717, 1.165) is 25.5 Å². The van der Waals surface area contributed by atoms with Crippen molar-refractivity contribution in [3.05, 3.63) is 22.4 Å². The Labute approximate surface area is 95.6 Å². The monoisotopic (exact) mass is 225 g/mol. The Balaban J connectivity index is 1.66. The minimum atomic E-state index is 0.579. The molecule has 1 atom stereocenters. The maximum atomic E-state index is 5.23. The topological polar surface area (TPSA) is 21.3 Å². The molecule has 1 N–H and O–H groups in total. The molecule has 84 valence electrons. The van der Waals surface area contributed by atoms with Gasteiger partial charge in [0.2, 0.25) is 0 Å². The van der Waals surface area contributed by atoms with Crippen molar-refractivity contribution in [2.24, 2.45) is 5.92 Å². The van der Waals surface area contributed by atoms with E-state index in [4.69, 9.17) is 4.74 Å². The number of ether oxygens (including phenoxy) is 1. The minimum absolute atomic E-state index is 0.579. The zero-order chi connectivity index (χ0) is 10.5. The van der Waals surface area contributed by atoms with E-state index in [-0.39, 0.29) is 0 Å². The van der Waals surface area contributed by atoms with Gasteiger partial charge in [-0.25, -0.2) is 0 Å². The predicted molar refractivity (Wildman–Crippen MR) is 64.4 cm³/mol. The summed E-state index contributed by atoms with van der Waals surface area (Å²) in [5.41, 5.74) is 0. The molecule has 2 rings (SSSR count). The van der Waals surface area contributed by atoms with Crippen LogP contribution >= 0.6 is 11.3 Å². The van der Waals surface area contributed by atoms with Crippen molar-refractivity contribution in [3.63, 3.8) is 0 Å². The van der Waals surface area contributed by atoms with Crippen LogP contribution in [-0.2, 0) is 11.2 Å². The number of hydrogen-bond donors (Lipinski definition) is 1. The molecule has 1 aromatic rings. The van der Waals surface area contributed by atoms with Crippen LogP contribution in [0.2, 0.25) is 0 Å². The normalized spacial score (nSPS) is 17.9. The van der Waals surface area contributed by atoms with E-state index in [1.165, 1.54) is 17.7 Å². The quantitative estimate of drug-likeness (QED) is 0.769. The van der Waals surface area contributed by atoms with Gasteiger partial charge in [-0.05, 0) is 36.6 Å². The summed E-state index contributed by atoms with van der Waals surface area (Å²) in [6, 6.07) is 4.90. The van der Waals surface area contributed by atoms with E-state index in [2.05, 4.69) is 22.8 Å². The third kappa shape index (κ3) is 3.59. The Bertz CT molecular complexity index is 269. The van der Waals surface area contributed by atoms with Crippen molar-refractivity contribution in [2.45, 2.75) is 25.3 Å². The van der Waals surface area contributed by atoms with Crippen molar-refractivity contribution in [1.82, 2.24) is 5.32 Å². The molecule has 1 saturated carbocycles. The smallest absolute Gasteiger partial charge is 0.0618 e. The Hall–Kier alpha value is -0.380. The molecule has 3 heteroatoms. The third-order valence-electron chi connectivity index (χ3n) is 2.90. The van der Waals surface area contributed by atoms with Gasteiger partial charge in [0.15, 0.2) is 0 Å². The van der Waals surface area contributed by atoms with Gasteiger partial charge in [0.25, 0.3) is 0 Å². The van der Waals surface area contributed by atoms with E-state index in [1.54, 1.807) is 7.11 Å². The molecule has 0 bridgehead atoms. The molecule has 0 spiro atoms. The third-order valence-corrected chi connectivity index (χ3v) is 3.83. The van der Waals surface area contributed by atoms with E-state index in [0.29, 0.717) is 6.04 Å². The summed E-state index contributed by atoms with van der Waals surface area (Å²) >= 11 is 1.84. The largest absolute Gasteiger partial charge is 0.383 e. The first-order chi connectivity index (χ1) is 7.40. The van der Waals surface area contributed by atoms with Gasteiger partial charge in [0.1, 0.15) is 0 Å². The molecule has 2 nitrogen and oxygen atoms in total. The standard InChI is InChI=1S/C12H19NOS/c1-14-9-12(10-4-5-10)13-7-6-11-3-2-8-15-11/h2-3,8,10,12-13H,4-7,9H2,1H3. The number of nitrogens with one attached hydrogen (secondary N) is 1. The van der Waals surface area contributed by atoms with Crippen molar-refractivity contribution >= 4 is 11.3 Å². The second kappa shape index (κ2) is 5.64. The lowest BCUT2D eigenvalue weighted by atomic mass is 10.2. The summed E-state index contributed by atoms with van der Waals surface area (Å²) in [7, 11) is 1.79. The number of thiophene rings is 1. The number of methoxy groups -OCH3 is 1. The van der Waals surface area contributed by atoms with Crippen molar-refractivity contribution in [2.75, 3.05) is 20.3 Å². The van der Waals surface area contributed by atoms with Gasteiger partial charge in [-0.15, -0.1) is 11.3 Å². The molecule has 0 amide bonds. The average molecular weight is 225 g/mol. The van der Waals surface area contributed by atoms with Crippen LogP contribution < -0.4 is 5.32 Å². The molecule has 1 fully saturated rings. The van der Waals surface area contributed by atoms with E-state index in [1.807, 2.05) is 11.3 Å². The van der Waals surface area contributed by atoms with Crippen LogP contribution in [-0.4, -0.2) is 26.3 Å². The first kappa shape index (κ1) is 11.1. The molecular weight excluding hydrogens is 206 g/mol. The zero-order valence-corrected chi connectivity index (χ0v) is 10.1.